The van der Waals surface area contributed by atoms with E-state index in [-0.39, 0.29) is 12.5 Å². The lowest BCUT2D eigenvalue weighted by Crippen LogP contribution is -2.28. The normalized spacial score (nSPS) is 9.62. The van der Waals surface area contributed by atoms with E-state index in [1.807, 2.05) is 26.0 Å². The number of carbonyl (C=O) groups excluding carboxylic acids is 1. The van der Waals surface area contributed by atoms with E-state index < -0.39 is 0 Å². The van der Waals surface area contributed by atoms with Crippen molar-refractivity contribution in [3.05, 3.63) is 42.0 Å². The molecule has 16 heavy (non-hydrogen) atoms. The van der Waals surface area contributed by atoms with Gasteiger partial charge in [0.25, 0.3) is 5.91 Å². The quantitative estimate of drug-likeness (QED) is 0.769. The smallest absolute Gasteiger partial charge is 0.258 e. The predicted molar refractivity (Wildman–Crippen MR) is 64.6 cm³/mol. The van der Waals surface area contributed by atoms with Gasteiger partial charge in [-0.25, -0.2) is 0 Å². The second-order valence-corrected chi connectivity index (χ2v) is 3.70. The minimum atomic E-state index is -0.140. The van der Waals surface area contributed by atoms with Crippen LogP contribution in [0.2, 0.25) is 0 Å². The van der Waals surface area contributed by atoms with Crippen molar-refractivity contribution in [2.24, 2.45) is 0 Å². The fourth-order valence-electron chi connectivity index (χ4n) is 1.40. The summed E-state index contributed by atoms with van der Waals surface area (Å²) in [6.07, 6.45) is 1.63. The Bertz CT molecular complexity index is 365. The van der Waals surface area contributed by atoms with Gasteiger partial charge in [-0.2, -0.15) is 0 Å². The van der Waals surface area contributed by atoms with Gasteiger partial charge in [0.05, 0.1) is 0 Å². The zero-order chi connectivity index (χ0) is 12.0. The van der Waals surface area contributed by atoms with Crippen LogP contribution >= 0.6 is 0 Å². The molecule has 0 bridgehead atoms. The van der Waals surface area contributed by atoms with Crippen molar-refractivity contribution in [2.45, 2.75) is 13.8 Å². The molecule has 1 N–H and O–H groups in total. The zero-order valence-corrected chi connectivity index (χ0v) is 9.75. The van der Waals surface area contributed by atoms with Gasteiger partial charge in [-0.1, -0.05) is 12.1 Å². The lowest BCUT2D eigenvalue weighted by Gasteiger charge is -2.07. The molecule has 1 rings (SSSR count). The molecule has 0 heterocycles. The molecule has 0 aromatic heterocycles. The van der Waals surface area contributed by atoms with Crippen LogP contribution in [-0.4, -0.2) is 19.1 Å². The first-order valence-corrected chi connectivity index (χ1v) is 5.20. The molecule has 3 nitrogen and oxygen atoms in total. The minimum Gasteiger partial charge on any atom is -0.484 e. The summed E-state index contributed by atoms with van der Waals surface area (Å²) in [6, 6.07) is 5.88. The Kier molecular flexibility index (Phi) is 4.58. The van der Waals surface area contributed by atoms with Gasteiger partial charge in [0, 0.05) is 6.54 Å². The van der Waals surface area contributed by atoms with E-state index >= 15 is 0 Å². The van der Waals surface area contributed by atoms with Crippen LogP contribution in [0.25, 0.3) is 0 Å². The fourth-order valence-corrected chi connectivity index (χ4v) is 1.40. The van der Waals surface area contributed by atoms with Gasteiger partial charge >= 0.3 is 0 Å². The molecule has 0 fully saturated rings. The van der Waals surface area contributed by atoms with Gasteiger partial charge in [0.1, 0.15) is 5.75 Å². The number of hydrogen-bond acceptors (Lipinski definition) is 2. The maximum atomic E-state index is 11.3. The number of hydrogen-bond donors (Lipinski definition) is 1. The van der Waals surface area contributed by atoms with Crippen molar-refractivity contribution >= 4 is 5.91 Å². The van der Waals surface area contributed by atoms with Gasteiger partial charge in [0.15, 0.2) is 6.61 Å². The van der Waals surface area contributed by atoms with E-state index in [2.05, 4.69) is 18.0 Å². The molecular formula is C13H17NO2. The van der Waals surface area contributed by atoms with E-state index in [1.54, 1.807) is 6.08 Å². The van der Waals surface area contributed by atoms with Gasteiger partial charge in [-0.3, -0.25) is 4.79 Å². The molecule has 1 aromatic carbocycles. The third kappa shape index (κ3) is 4.17. The van der Waals surface area contributed by atoms with Crippen LogP contribution in [0.3, 0.4) is 0 Å². The first-order chi connectivity index (χ1) is 7.61. The number of carbonyl (C=O) groups is 1. The first-order valence-electron chi connectivity index (χ1n) is 5.20. The lowest BCUT2D eigenvalue weighted by atomic mass is 10.1. The summed E-state index contributed by atoms with van der Waals surface area (Å²) in [7, 11) is 0. The highest BCUT2D eigenvalue weighted by molar-refractivity contribution is 5.77. The van der Waals surface area contributed by atoms with Gasteiger partial charge in [-0.15, -0.1) is 6.58 Å². The number of nitrogens with one attached hydrogen (secondary N) is 1. The van der Waals surface area contributed by atoms with Gasteiger partial charge in [0.2, 0.25) is 0 Å². The SMILES string of the molecule is C=CCNC(=O)COc1cc(C)cc(C)c1. The summed E-state index contributed by atoms with van der Waals surface area (Å²) in [6.45, 7) is 8.02. The second-order valence-electron chi connectivity index (χ2n) is 3.70. The Balaban J connectivity index is 2.47. The molecule has 0 saturated carbocycles. The summed E-state index contributed by atoms with van der Waals surface area (Å²) in [4.78, 5) is 11.3. The summed E-state index contributed by atoms with van der Waals surface area (Å²) >= 11 is 0. The van der Waals surface area contributed by atoms with Crippen molar-refractivity contribution in [3.63, 3.8) is 0 Å². The van der Waals surface area contributed by atoms with Gasteiger partial charge < -0.3 is 10.1 Å². The molecule has 0 radical (unpaired) electrons. The molecule has 3 heteroatoms. The lowest BCUT2D eigenvalue weighted by molar-refractivity contribution is -0.122. The van der Waals surface area contributed by atoms with Crippen molar-refractivity contribution in [2.75, 3.05) is 13.2 Å². The van der Waals surface area contributed by atoms with Crippen LogP contribution < -0.4 is 10.1 Å². The fraction of sp³-hybridized carbons (Fsp3) is 0.308. The van der Waals surface area contributed by atoms with E-state index in [0.29, 0.717) is 6.54 Å². The molecule has 0 aliphatic heterocycles. The van der Waals surface area contributed by atoms with Crippen LogP contribution in [0, 0.1) is 13.8 Å². The van der Waals surface area contributed by atoms with Crippen LogP contribution in [0.4, 0.5) is 0 Å². The van der Waals surface area contributed by atoms with Crippen molar-refractivity contribution in [1.82, 2.24) is 5.32 Å². The third-order valence-corrected chi connectivity index (χ3v) is 2.01. The Hall–Kier alpha value is -1.77. The Labute approximate surface area is 96.1 Å². The average Bonchev–Trinajstić information content (AvgIpc) is 2.22. The molecular weight excluding hydrogens is 202 g/mol. The van der Waals surface area contributed by atoms with Crippen LogP contribution in [0.1, 0.15) is 11.1 Å². The third-order valence-electron chi connectivity index (χ3n) is 2.01. The predicted octanol–water partition coefficient (Wildman–Crippen LogP) is 1.98. The van der Waals surface area contributed by atoms with Crippen molar-refractivity contribution in [3.8, 4) is 5.75 Å². The molecule has 0 atom stereocenters. The Morgan fingerprint density at radius 1 is 1.38 bits per heavy atom. The molecule has 0 aliphatic carbocycles. The summed E-state index contributed by atoms with van der Waals surface area (Å²) in [5.74, 6) is 0.588. The highest BCUT2D eigenvalue weighted by Crippen LogP contribution is 2.15. The summed E-state index contributed by atoms with van der Waals surface area (Å²) in [5.41, 5.74) is 2.25. The van der Waals surface area contributed by atoms with Crippen LogP contribution in [0.15, 0.2) is 30.9 Å². The molecule has 0 saturated heterocycles. The maximum absolute atomic E-state index is 11.3. The molecule has 0 aliphatic rings. The van der Waals surface area contributed by atoms with Crippen molar-refractivity contribution in [1.29, 1.82) is 0 Å². The highest BCUT2D eigenvalue weighted by atomic mass is 16.5. The summed E-state index contributed by atoms with van der Waals surface area (Å²) in [5, 5.41) is 2.65. The largest absolute Gasteiger partial charge is 0.484 e. The van der Waals surface area contributed by atoms with Crippen molar-refractivity contribution < 1.29 is 9.53 Å². The average molecular weight is 219 g/mol. The number of aryl methyl sites for hydroxylation is 2. The molecule has 1 aromatic rings. The number of rotatable bonds is 5. The Morgan fingerprint density at radius 3 is 2.56 bits per heavy atom. The molecule has 86 valence electrons. The van der Waals surface area contributed by atoms with E-state index in [9.17, 15) is 4.79 Å². The monoisotopic (exact) mass is 219 g/mol. The summed E-state index contributed by atoms with van der Waals surface area (Å²) < 4.78 is 5.38. The number of amides is 1. The molecule has 0 spiro atoms. The van der Waals surface area contributed by atoms with Crippen LogP contribution in [-0.2, 0) is 4.79 Å². The van der Waals surface area contributed by atoms with Gasteiger partial charge in [-0.05, 0) is 37.1 Å². The topological polar surface area (TPSA) is 38.3 Å². The maximum Gasteiger partial charge on any atom is 0.258 e. The van der Waals surface area contributed by atoms with E-state index in [4.69, 9.17) is 4.74 Å². The molecule has 0 unspecified atom stereocenters. The zero-order valence-electron chi connectivity index (χ0n) is 9.75. The highest BCUT2D eigenvalue weighted by Gasteiger charge is 2.02. The van der Waals surface area contributed by atoms with E-state index in [0.717, 1.165) is 16.9 Å². The number of ether oxygens (including phenoxy) is 1. The number of benzene rings is 1. The van der Waals surface area contributed by atoms with Crippen LogP contribution in [0.5, 0.6) is 5.75 Å². The Morgan fingerprint density at radius 2 is 2.00 bits per heavy atom. The molecule has 1 amide bonds. The first kappa shape index (κ1) is 12.3. The standard InChI is InChI=1S/C13H17NO2/c1-4-5-14-13(15)9-16-12-7-10(2)6-11(3)8-12/h4,6-8H,1,5,9H2,2-3H3,(H,14,15). The second kappa shape index (κ2) is 5.95. The minimum absolute atomic E-state index is 0.0384. The van der Waals surface area contributed by atoms with E-state index in [1.165, 1.54) is 0 Å².